The number of nitrogens with one attached hydrogen (secondary N) is 1. The molecule has 16 heavy (non-hydrogen) atoms. The van der Waals surface area contributed by atoms with Crippen molar-refractivity contribution in [1.29, 1.82) is 0 Å². The number of hydrogen-bond acceptors (Lipinski definition) is 5. The van der Waals surface area contributed by atoms with E-state index >= 15 is 0 Å². The third kappa shape index (κ3) is 2.33. The van der Waals surface area contributed by atoms with Gasteiger partial charge in [0.2, 0.25) is 0 Å². The summed E-state index contributed by atoms with van der Waals surface area (Å²) in [6.07, 6.45) is 3.73. The van der Waals surface area contributed by atoms with Crippen molar-refractivity contribution in [3.05, 3.63) is 18.6 Å². The number of imidazole rings is 1. The van der Waals surface area contributed by atoms with Crippen molar-refractivity contribution in [1.82, 2.24) is 15.0 Å². The number of methoxy groups -OCH3 is 1. The first-order valence-electron chi connectivity index (χ1n) is 4.79. The molecule has 0 saturated heterocycles. The maximum atomic E-state index is 10.9. The van der Waals surface area contributed by atoms with Crippen molar-refractivity contribution >= 4 is 28.9 Å². The van der Waals surface area contributed by atoms with Crippen LogP contribution in [0.3, 0.4) is 0 Å². The summed E-state index contributed by atoms with van der Waals surface area (Å²) in [4.78, 5) is 23.2. The number of esters is 1. The highest BCUT2D eigenvalue weighted by Crippen LogP contribution is 2.24. The lowest BCUT2D eigenvalue weighted by Crippen LogP contribution is -2.00. The molecule has 0 radical (unpaired) electrons. The molecule has 2 heterocycles. The van der Waals surface area contributed by atoms with Gasteiger partial charge in [-0.3, -0.25) is 4.79 Å². The molecule has 0 spiro atoms. The van der Waals surface area contributed by atoms with Gasteiger partial charge in [-0.25, -0.2) is 9.97 Å². The van der Waals surface area contributed by atoms with Crippen LogP contribution < -0.4 is 0 Å². The Labute approximate surface area is 96.6 Å². The Kier molecular flexibility index (Phi) is 3.40. The van der Waals surface area contributed by atoms with E-state index in [1.165, 1.54) is 7.11 Å². The topological polar surface area (TPSA) is 67.9 Å². The second-order valence-electron chi connectivity index (χ2n) is 3.08. The van der Waals surface area contributed by atoms with Crippen LogP contribution in [0.5, 0.6) is 0 Å². The second-order valence-corrected chi connectivity index (χ2v) is 4.22. The SMILES string of the molecule is COC(=O)CCSc1ccnc2[nH]cnc12. The Balaban J connectivity index is 2.04. The molecule has 0 amide bonds. The van der Waals surface area contributed by atoms with E-state index in [4.69, 9.17) is 0 Å². The van der Waals surface area contributed by atoms with E-state index in [1.54, 1.807) is 24.3 Å². The maximum Gasteiger partial charge on any atom is 0.306 e. The van der Waals surface area contributed by atoms with Crippen molar-refractivity contribution in [3.8, 4) is 0 Å². The second kappa shape index (κ2) is 4.98. The van der Waals surface area contributed by atoms with Gasteiger partial charge < -0.3 is 9.72 Å². The predicted octanol–water partition coefficient (Wildman–Crippen LogP) is 1.61. The zero-order chi connectivity index (χ0) is 11.4. The van der Waals surface area contributed by atoms with Gasteiger partial charge in [0.25, 0.3) is 0 Å². The minimum Gasteiger partial charge on any atom is -0.469 e. The van der Waals surface area contributed by atoms with Gasteiger partial charge in [-0.1, -0.05) is 0 Å². The molecule has 0 aliphatic rings. The van der Waals surface area contributed by atoms with E-state index in [9.17, 15) is 4.79 Å². The summed E-state index contributed by atoms with van der Waals surface area (Å²) in [6, 6.07) is 1.89. The van der Waals surface area contributed by atoms with Gasteiger partial charge in [-0.15, -0.1) is 11.8 Å². The lowest BCUT2D eigenvalue weighted by atomic mass is 10.4. The third-order valence-corrected chi connectivity index (χ3v) is 3.12. The minimum atomic E-state index is -0.195. The first kappa shape index (κ1) is 10.9. The van der Waals surface area contributed by atoms with Crippen LogP contribution in [0.15, 0.2) is 23.5 Å². The molecule has 0 aliphatic carbocycles. The average Bonchev–Trinajstić information content (AvgIpc) is 2.77. The van der Waals surface area contributed by atoms with Gasteiger partial charge in [0, 0.05) is 16.8 Å². The molecule has 0 fully saturated rings. The normalized spacial score (nSPS) is 10.6. The smallest absolute Gasteiger partial charge is 0.306 e. The fourth-order valence-corrected chi connectivity index (χ4v) is 2.22. The number of aromatic amines is 1. The molecule has 2 rings (SSSR count). The van der Waals surface area contributed by atoms with Gasteiger partial charge in [0.15, 0.2) is 5.65 Å². The number of carbonyl (C=O) groups excluding carboxylic acids is 1. The van der Waals surface area contributed by atoms with E-state index in [1.807, 2.05) is 6.07 Å². The molecule has 5 nitrogen and oxygen atoms in total. The van der Waals surface area contributed by atoms with Crippen LogP contribution in [0.4, 0.5) is 0 Å². The molecule has 84 valence electrons. The van der Waals surface area contributed by atoms with Gasteiger partial charge >= 0.3 is 5.97 Å². The van der Waals surface area contributed by atoms with Crippen LogP contribution in [0.2, 0.25) is 0 Å². The maximum absolute atomic E-state index is 10.9. The molecular formula is C10H11N3O2S. The molecule has 0 unspecified atom stereocenters. The lowest BCUT2D eigenvalue weighted by Gasteiger charge is -2.01. The summed E-state index contributed by atoms with van der Waals surface area (Å²) in [5.41, 5.74) is 1.61. The highest BCUT2D eigenvalue weighted by molar-refractivity contribution is 7.99. The summed E-state index contributed by atoms with van der Waals surface area (Å²) in [6.45, 7) is 0. The van der Waals surface area contributed by atoms with Crippen molar-refractivity contribution in [2.24, 2.45) is 0 Å². The predicted molar refractivity (Wildman–Crippen MR) is 61.2 cm³/mol. The summed E-state index contributed by atoms with van der Waals surface area (Å²) < 4.78 is 4.57. The van der Waals surface area contributed by atoms with Gasteiger partial charge in [-0.2, -0.15) is 0 Å². The fraction of sp³-hybridized carbons (Fsp3) is 0.300. The lowest BCUT2D eigenvalue weighted by molar-refractivity contribution is -0.140. The average molecular weight is 237 g/mol. The summed E-state index contributed by atoms with van der Waals surface area (Å²) in [5.74, 6) is 0.485. The molecule has 0 bridgehead atoms. The number of hydrogen-bond donors (Lipinski definition) is 1. The molecule has 1 N–H and O–H groups in total. The van der Waals surface area contributed by atoms with E-state index in [0.717, 1.165) is 16.1 Å². The van der Waals surface area contributed by atoms with Crippen LogP contribution in [0, 0.1) is 0 Å². The zero-order valence-electron chi connectivity index (χ0n) is 8.77. The van der Waals surface area contributed by atoms with Crippen LogP contribution in [0.25, 0.3) is 11.2 Å². The Morgan fingerprint density at radius 2 is 2.44 bits per heavy atom. The number of nitrogens with zero attached hydrogens (tertiary/aromatic N) is 2. The number of aromatic nitrogens is 3. The molecule has 0 saturated carbocycles. The number of fused-ring (bicyclic) bond motifs is 1. The molecule has 0 atom stereocenters. The monoisotopic (exact) mass is 237 g/mol. The molecule has 0 aromatic carbocycles. The van der Waals surface area contributed by atoms with Gasteiger partial charge in [0.05, 0.1) is 19.9 Å². The largest absolute Gasteiger partial charge is 0.469 e. The third-order valence-electron chi connectivity index (χ3n) is 2.07. The van der Waals surface area contributed by atoms with Crippen LogP contribution >= 0.6 is 11.8 Å². The summed E-state index contributed by atoms with van der Waals surface area (Å²) >= 11 is 1.57. The van der Waals surface area contributed by atoms with Crippen LogP contribution in [-0.4, -0.2) is 33.8 Å². The number of ether oxygens (including phenoxy) is 1. The van der Waals surface area contributed by atoms with Crippen molar-refractivity contribution in [3.63, 3.8) is 0 Å². The van der Waals surface area contributed by atoms with E-state index in [-0.39, 0.29) is 5.97 Å². The number of pyridine rings is 1. The van der Waals surface area contributed by atoms with Crippen molar-refractivity contribution in [2.45, 2.75) is 11.3 Å². The minimum absolute atomic E-state index is 0.195. The Bertz CT molecular complexity index is 498. The van der Waals surface area contributed by atoms with Crippen LogP contribution in [-0.2, 0) is 9.53 Å². The number of carbonyl (C=O) groups is 1. The first-order valence-corrected chi connectivity index (χ1v) is 5.77. The van der Waals surface area contributed by atoms with E-state index < -0.39 is 0 Å². The summed E-state index contributed by atoms with van der Waals surface area (Å²) in [5, 5.41) is 0. The van der Waals surface area contributed by atoms with Crippen molar-refractivity contribution in [2.75, 3.05) is 12.9 Å². The molecule has 0 aliphatic heterocycles. The van der Waals surface area contributed by atoms with Crippen LogP contribution in [0.1, 0.15) is 6.42 Å². The van der Waals surface area contributed by atoms with E-state index in [2.05, 4.69) is 19.7 Å². The Morgan fingerprint density at radius 1 is 1.56 bits per heavy atom. The molecule has 2 aromatic rings. The fourth-order valence-electron chi connectivity index (χ4n) is 1.29. The summed E-state index contributed by atoms with van der Waals surface area (Å²) in [7, 11) is 1.39. The van der Waals surface area contributed by atoms with E-state index in [0.29, 0.717) is 12.2 Å². The molecular weight excluding hydrogens is 226 g/mol. The van der Waals surface area contributed by atoms with Gasteiger partial charge in [0.1, 0.15) is 5.52 Å². The number of rotatable bonds is 4. The van der Waals surface area contributed by atoms with Gasteiger partial charge in [-0.05, 0) is 6.07 Å². The standard InChI is InChI=1S/C10H11N3O2S/c1-15-8(14)3-5-16-7-2-4-11-10-9(7)12-6-13-10/h2,4,6H,3,5H2,1H3,(H,11,12,13). The Hall–Kier alpha value is -1.56. The number of thioether (sulfide) groups is 1. The highest BCUT2D eigenvalue weighted by atomic mass is 32.2. The number of H-pyrrole nitrogens is 1. The zero-order valence-corrected chi connectivity index (χ0v) is 9.58. The quantitative estimate of drug-likeness (QED) is 0.646. The Morgan fingerprint density at radius 3 is 3.25 bits per heavy atom. The molecule has 2 aromatic heterocycles. The van der Waals surface area contributed by atoms with Crippen molar-refractivity contribution < 1.29 is 9.53 Å². The first-order chi connectivity index (χ1) is 7.81. The molecule has 6 heteroatoms. The highest BCUT2D eigenvalue weighted by Gasteiger charge is 2.06.